The number of rotatable bonds is 8. The summed E-state index contributed by atoms with van der Waals surface area (Å²) in [5.74, 6) is -0.601. The van der Waals surface area contributed by atoms with Crippen LogP contribution in [-0.2, 0) is 27.2 Å². The quantitative estimate of drug-likeness (QED) is 0.511. The number of thiazole rings is 1. The Hall–Kier alpha value is -2.73. The topological polar surface area (TPSA) is 59.5 Å². The van der Waals surface area contributed by atoms with Gasteiger partial charge >= 0.3 is 5.97 Å². The van der Waals surface area contributed by atoms with E-state index in [1.165, 1.54) is 5.56 Å². The normalized spacial score (nSPS) is 12.0. The van der Waals surface area contributed by atoms with Gasteiger partial charge in [0.15, 0.2) is 6.61 Å². The average molecular weight is 411 g/mol. The monoisotopic (exact) mass is 410 g/mol. The van der Waals surface area contributed by atoms with E-state index < -0.39 is 0 Å². The molecule has 3 rings (SSSR count). The highest BCUT2D eigenvalue weighted by atomic mass is 32.1. The summed E-state index contributed by atoms with van der Waals surface area (Å²) in [6.07, 6.45) is 1.86. The molecule has 0 fully saturated rings. The second-order valence-electron chi connectivity index (χ2n) is 7.03. The van der Waals surface area contributed by atoms with E-state index in [0.29, 0.717) is 6.42 Å². The van der Waals surface area contributed by atoms with E-state index in [1.54, 1.807) is 23.3 Å². The molecule has 152 valence electrons. The minimum atomic E-state index is -0.362. The molecule has 0 saturated heterocycles. The van der Waals surface area contributed by atoms with E-state index in [2.05, 4.69) is 24.0 Å². The average Bonchev–Trinajstić information content (AvgIpc) is 3.19. The minimum absolute atomic E-state index is 0.185. The molecule has 0 N–H and O–H groups in total. The molecule has 2 aromatic carbocycles. The number of esters is 1. The number of hydrogen-bond donors (Lipinski definition) is 0. The summed E-state index contributed by atoms with van der Waals surface area (Å²) in [5, 5.41) is 0.865. The summed E-state index contributed by atoms with van der Waals surface area (Å²) in [6.45, 7) is 3.79. The fraction of sp³-hybridized carbons (Fsp3) is 0.348. The van der Waals surface area contributed by atoms with Gasteiger partial charge in [-0.2, -0.15) is 0 Å². The fourth-order valence-electron chi connectivity index (χ4n) is 2.95. The number of aromatic nitrogens is 1. The lowest BCUT2D eigenvalue weighted by atomic mass is 10.1. The highest BCUT2D eigenvalue weighted by Gasteiger charge is 2.21. The van der Waals surface area contributed by atoms with Crippen LogP contribution in [0.5, 0.6) is 0 Å². The van der Waals surface area contributed by atoms with Gasteiger partial charge in [0.2, 0.25) is 0 Å². The van der Waals surface area contributed by atoms with Crippen molar-refractivity contribution in [3.63, 3.8) is 0 Å². The maximum Gasteiger partial charge on any atom is 0.306 e. The highest BCUT2D eigenvalue weighted by Crippen LogP contribution is 2.28. The molecule has 0 bridgehead atoms. The molecule has 0 spiro atoms. The zero-order valence-electron chi connectivity index (χ0n) is 17.1. The zero-order valence-corrected chi connectivity index (χ0v) is 17.9. The van der Waals surface area contributed by atoms with Gasteiger partial charge in [-0.05, 0) is 43.0 Å². The van der Waals surface area contributed by atoms with E-state index in [-0.39, 0.29) is 30.9 Å². The second kappa shape index (κ2) is 9.65. The van der Waals surface area contributed by atoms with E-state index in [1.807, 2.05) is 43.3 Å². The third-order valence-electron chi connectivity index (χ3n) is 5.05. The Morgan fingerprint density at radius 1 is 1.10 bits per heavy atom. The van der Waals surface area contributed by atoms with Crippen molar-refractivity contribution in [2.24, 2.45) is 0 Å². The smallest absolute Gasteiger partial charge is 0.306 e. The van der Waals surface area contributed by atoms with E-state index >= 15 is 0 Å². The van der Waals surface area contributed by atoms with Crippen molar-refractivity contribution in [3.8, 4) is 0 Å². The maximum absolute atomic E-state index is 12.4. The van der Waals surface area contributed by atoms with Crippen molar-refractivity contribution in [1.29, 1.82) is 0 Å². The van der Waals surface area contributed by atoms with Crippen LogP contribution in [0.1, 0.15) is 42.4 Å². The molecule has 5 nitrogen and oxygen atoms in total. The van der Waals surface area contributed by atoms with Gasteiger partial charge in [-0.25, -0.2) is 4.98 Å². The number of aryl methyl sites for hydroxylation is 2. The van der Waals surface area contributed by atoms with Gasteiger partial charge in [-0.3, -0.25) is 9.59 Å². The zero-order chi connectivity index (χ0) is 20.8. The van der Waals surface area contributed by atoms with Crippen molar-refractivity contribution in [2.75, 3.05) is 13.7 Å². The van der Waals surface area contributed by atoms with E-state index in [9.17, 15) is 9.59 Å². The van der Waals surface area contributed by atoms with Crippen molar-refractivity contribution < 1.29 is 14.3 Å². The number of fused-ring (bicyclic) bond motifs is 1. The summed E-state index contributed by atoms with van der Waals surface area (Å²) < 4.78 is 6.28. The summed E-state index contributed by atoms with van der Waals surface area (Å²) in [4.78, 5) is 30.6. The van der Waals surface area contributed by atoms with Gasteiger partial charge in [-0.15, -0.1) is 11.3 Å². The Balaban J connectivity index is 1.47. The Bertz CT molecular complexity index is 948. The molecular weight excluding hydrogens is 384 g/mol. The molecule has 1 aromatic heterocycles. The van der Waals surface area contributed by atoms with Crippen LogP contribution in [0.15, 0.2) is 48.5 Å². The number of benzene rings is 2. The van der Waals surface area contributed by atoms with Crippen molar-refractivity contribution >= 4 is 33.4 Å². The first-order valence-corrected chi connectivity index (χ1v) is 10.6. The number of carbonyl (C=O) groups excluding carboxylic acids is 2. The van der Waals surface area contributed by atoms with E-state index in [0.717, 1.165) is 27.2 Å². The summed E-state index contributed by atoms with van der Waals surface area (Å²) in [6, 6.07) is 15.9. The molecule has 0 aliphatic carbocycles. The Morgan fingerprint density at radius 3 is 2.48 bits per heavy atom. The van der Waals surface area contributed by atoms with Gasteiger partial charge in [-0.1, -0.05) is 43.3 Å². The van der Waals surface area contributed by atoms with Gasteiger partial charge in [0.05, 0.1) is 16.3 Å². The predicted molar refractivity (Wildman–Crippen MR) is 116 cm³/mol. The number of para-hydroxylation sites is 1. The Kier molecular flexibility index (Phi) is 6.99. The molecule has 3 aromatic rings. The first-order chi connectivity index (χ1) is 14.0. The van der Waals surface area contributed by atoms with Crippen LogP contribution in [0.2, 0.25) is 0 Å². The SMILES string of the molecule is CCc1ccc(CCC(=O)OCC(=O)N(C)[C@@H](C)c2nc3ccccc3s2)cc1. The van der Waals surface area contributed by atoms with Gasteiger partial charge in [0, 0.05) is 13.5 Å². The van der Waals surface area contributed by atoms with E-state index in [4.69, 9.17) is 4.74 Å². The first-order valence-electron chi connectivity index (χ1n) is 9.82. The van der Waals surface area contributed by atoms with Crippen LogP contribution in [0.25, 0.3) is 10.2 Å². The predicted octanol–water partition coefficient (Wildman–Crippen LogP) is 4.55. The lowest BCUT2D eigenvalue weighted by Crippen LogP contribution is -2.33. The minimum Gasteiger partial charge on any atom is -0.456 e. The Labute approximate surface area is 175 Å². The van der Waals surface area contributed by atoms with Gasteiger partial charge < -0.3 is 9.64 Å². The van der Waals surface area contributed by atoms with Crippen LogP contribution >= 0.6 is 11.3 Å². The van der Waals surface area contributed by atoms with Crippen LogP contribution in [0.4, 0.5) is 0 Å². The number of hydrogen-bond acceptors (Lipinski definition) is 5. The van der Waals surface area contributed by atoms with Crippen molar-refractivity contribution in [1.82, 2.24) is 9.88 Å². The van der Waals surface area contributed by atoms with Crippen LogP contribution in [0, 0.1) is 0 Å². The molecule has 0 aliphatic heterocycles. The fourth-order valence-corrected chi connectivity index (χ4v) is 4.02. The van der Waals surface area contributed by atoms with Crippen LogP contribution in [-0.4, -0.2) is 35.4 Å². The molecule has 0 saturated carbocycles. The Morgan fingerprint density at radius 2 is 1.79 bits per heavy atom. The number of amides is 1. The lowest BCUT2D eigenvalue weighted by molar-refractivity contribution is -0.152. The molecule has 0 aliphatic rings. The molecule has 29 heavy (non-hydrogen) atoms. The summed E-state index contributed by atoms with van der Waals surface area (Å²) in [5.41, 5.74) is 3.29. The molecular formula is C23H26N2O3S. The molecule has 0 radical (unpaired) electrons. The van der Waals surface area contributed by atoms with Crippen LogP contribution in [0.3, 0.4) is 0 Å². The molecule has 1 atom stereocenters. The lowest BCUT2D eigenvalue weighted by Gasteiger charge is -2.23. The van der Waals surface area contributed by atoms with Gasteiger partial charge in [0.25, 0.3) is 5.91 Å². The summed E-state index contributed by atoms with van der Waals surface area (Å²) >= 11 is 1.57. The molecule has 1 amide bonds. The molecule has 6 heteroatoms. The number of ether oxygens (including phenoxy) is 1. The first kappa shape index (κ1) is 21.0. The standard InChI is InChI=1S/C23H26N2O3S/c1-4-17-9-11-18(12-10-17)13-14-22(27)28-15-21(26)25(3)16(2)23-24-19-7-5-6-8-20(19)29-23/h5-12,16H,4,13-15H2,1-3H3/t16-/m0/s1. The van der Waals surface area contributed by atoms with Crippen molar-refractivity contribution in [3.05, 3.63) is 64.7 Å². The molecule has 1 heterocycles. The third kappa shape index (κ3) is 5.41. The van der Waals surface area contributed by atoms with Crippen LogP contribution < -0.4 is 0 Å². The third-order valence-corrected chi connectivity index (χ3v) is 6.25. The van der Waals surface area contributed by atoms with Gasteiger partial charge in [0.1, 0.15) is 5.01 Å². The summed E-state index contributed by atoms with van der Waals surface area (Å²) in [7, 11) is 1.71. The molecule has 0 unspecified atom stereocenters. The highest BCUT2D eigenvalue weighted by molar-refractivity contribution is 7.18. The largest absolute Gasteiger partial charge is 0.456 e. The number of carbonyl (C=O) groups is 2. The van der Waals surface area contributed by atoms with Crippen molar-refractivity contribution in [2.45, 2.75) is 39.2 Å². The number of nitrogens with zero attached hydrogens (tertiary/aromatic N) is 2. The number of likely N-dealkylation sites (N-methyl/N-ethyl adjacent to an activating group) is 1. The second-order valence-corrected chi connectivity index (χ2v) is 8.09. The maximum atomic E-state index is 12.4.